The first-order valence-electron chi connectivity index (χ1n) is 6.63. The van der Waals surface area contributed by atoms with E-state index < -0.39 is 17.2 Å². The van der Waals surface area contributed by atoms with Crippen molar-refractivity contribution in [2.24, 2.45) is 0 Å². The predicted molar refractivity (Wildman–Crippen MR) is 73.3 cm³/mol. The van der Waals surface area contributed by atoms with Crippen LogP contribution in [0.1, 0.15) is 34.0 Å². The Morgan fingerprint density at radius 1 is 1.00 bits per heavy atom. The van der Waals surface area contributed by atoms with E-state index in [1.165, 1.54) is 12.1 Å². The van der Waals surface area contributed by atoms with Gasteiger partial charge in [-0.2, -0.15) is 13.2 Å². The Morgan fingerprint density at radius 2 is 1.62 bits per heavy atom. The van der Waals surface area contributed by atoms with Crippen LogP contribution >= 0.6 is 0 Å². The Bertz CT molecular complexity index is 701. The Labute approximate surface area is 120 Å². The van der Waals surface area contributed by atoms with Gasteiger partial charge in [-0.1, -0.05) is 36.4 Å². The van der Waals surface area contributed by atoms with E-state index in [-0.39, 0.29) is 5.78 Å². The third kappa shape index (κ3) is 2.15. The summed E-state index contributed by atoms with van der Waals surface area (Å²) < 4.78 is 37.9. The maximum absolute atomic E-state index is 12.6. The van der Waals surface area contributed by atoms with Crippen molar-refractivity contribution in [3.05, 3.63) is 70.8 Å². The molecule has 0 aromatic heterocycles. The molecule has 4 heteroatoms. The number of ketones is 1. The van der Waals surface area contributed by atoms with E-state index in [2.05, 4.69) is 0 Å². The third-order valence-electron chi connectivity index (χ3n) is 4.16. The lowest BCUT2D eigenvalue weighted by Gasteiger charge is -2.23. The Balaban J connectivity index is 2.00. The van der Waals surface area contributed by atoms with Gasteiger partial charge >= 0.3 is 6.18 Å². The summed E-state index contributed by atoms with van der Waals surface area (Å²) in [5.74, 6) is -0.0298. The van der Waals surface area contributed by atoms with Crippen LogP contribution in [0.4, 0.5) is 13.2 Å². The minimum absolute atomic E-state index is 0.0298. The van der Waals surface area contributed by atoms with Gasteiger partial charge in [-0.05, 0) is 36.6 Å². The highest BCUT2D eigenvalue weighted by molar-refractivity contribution is 6.08. The van der Waals surface area contributed by atoms with E-state index in [0.717, 1.165) is 17.7 Å². The van der Waals surface area contributed by atoms with Gasteiger partial charge in [0.2, 0.25) is 0 Å². The summed E-state index contributed by atoms with van der Waals surface area (Å²) >= 11 is 0. The first kappa shape index (κ1) is 13.9. The standard InChI is InChI=1S/C17H13F3O/c1-16(10-11-4-2-3-5-14(11)15(16)21)12-6-8-13(9-7-12)17(18,19)20/h2-9H,10H2,1H3. The lowest BCUT2D eigenvalue weighted by molar-refractivity contribution is -0.137. The van der Waals surface area contributed by atoms with E-state index in [4.69, 9.17) is 0 Å². The highest BCUT2D eigenvalue weighted by atomic mass is 19.4. The van der Waals surface area contributed by atoms with Crippen molar-refractivity contribution in [2.75, 3.05) is 0 Å². The Morgan fingerprint density at radius 3 is 2.19 bits per heavy atom. The molecule has 0 spiro atoms. The van der Waals surface area contributed by atoms with Crippen molar-refractivity contribution in [3.63, 3.8) is 0 Å². The molecule has 1 atom stereocenters. The quantitative estimate of drug-likeness (QED) is 0.760. The zero-order valence-electron chi connectivity index (χ0n) is 11.4. The molecule has 1 aliphatic rings. The normalized spacial score (nSPS) is 21.4. The van der Waals surface area contributed by atoms with Crippen LogP contribution in [-0.2, 0) is 18.0 Å². The number of alkyl halides is 3. The molecular weight excluding hydrogens is 277 g/mol. The molecule has 0 amide bonds. The molecule has 0 aliphatic heterocycles. The van der Waals surface area contributed by atoms with Gasteiger partial charge in [-0.25, -0.2) is 0 Å². The number of fused-ring (bicyclic) bond motifs is 1. The number of Topliss-reactive ketones (excluding diaryl/α,β-unsaturated/α-hetero) is 1. The zero-order chi connectivity index (χ0) is 15.3. The lowest BCUT2D eigenvalue weighted by atomic mass is 9.78. The highest BCUT2D eigenvalue weighted by Crippen LogP contribution is 2.40. The second-order valence-corrected chi connectivity index (χ2v) is 5.57. The molecule has 1 nitrogen and oxygen atoms in total. The summed E-state index contributed by atoms with van der Waals surface area (Å²) in [6.45, 7) is 1.79. The number of carbonyl (C=O) groups is 1. The van der Waals surface area contributed by atoms with Crippen LogP contribution < -0.4 is 0 Å². The molecule has 21 heavy (non-hydrogen) atoms. The van der Waals surface area contributed by atoms with E-state index in [9.17, 15) is 18.0 Å². The second kappa shape index (κ2) is 4.45. The fourth-order valence-corrected chi connectivity index (χ4v) is 2.91. The van der Waals surface area contributed by atoms with Crippen LogP contribution in [0.25, 0.3) is 0 Å². The van der Waals surface area contributed by atoms with E-state index in [1.807, 2.05) is 12.1 Å². The molecule has 0 bridgehead atoms. The summed E-state index contributed by atoms with van der Waals surface area (Å²) in [4.78, 5) is 12.6. The molecule has 1 aliphatic carbocycles. The minimum atomic E-state index is -4.36. The summed E-state index contributed by atoms with van der Waals surface area (Å²) in [6.07, 6.45) is -3.84. The third-order valence-corrected chi connectivity index (χ3v) is 4.16. The monoisotopic (exact) mass is 290 g/mol. The smallest absolute Gasteiger partial charge is 0.293 e. The van der Waals surface area contributed by atoms with Crippen molar-refractivity contribution in [2.45, 2.75) is 24.9 Å². The van der Waals surface area contributed by atoms with Gasteiger partial charge in [-0.15, -0.1) is 0 Å². The van der Waals surface area contributed by atoms with Gasteiger partial charge in [0.15, 0.2) is 5.78 Å². The number of carbonyl (C=O) groups excluding carboxylic acids is 1. The molecule has 2 aromatic rings. The van der Waals surface area contributed by atoms with Gasteiger partial charge in [0, 0.05) is 5.56 Å². The second-order valence-electron chi connectivity index (χ2n) is 5.57. The van der Waals surface area contributed by atoms with Crippen LogP contribution in [-0.4, -0.2) is 5.78 Å². The molecule has 0 fully saturated rings. The van der Waals surface area contributed by atoms with Gasteiger partial charge in [0.25, 0.3) is 0 Å². The molecule has 108 valence electrons. The zero-order valence-corrected chi connectivity index (χ0v) is 11.4. The summed E-state index contributed by atoms with van der Waals surface area (Å²) in [7, 11) is 0. The summed E-state index contributed by atoms with van der Waals surface area (Å²) in [5, 5.41) is 0. The first-order valence-corrected chi connectivity index (χ1v) is 6.63. The van der Waals surface area contributed by atoms with Crippen molar-refractivity contribution >= 4 is 5.78 Å². The fraction of sp³-hybridized carbons (Fsp3) is 0.235. The van der Waals surface area contributed by atoms with Crippen LogP contribution in [0.3, 0.4) is 0 Å². The fourth-order valence-electron chi connectivity index (χ4n) is 2.91. The van der Waals surface area contributed by atoms with E-state index in [1.54, 1.807) is 19.1 Å². The van der Waals surface area contributed by atoms with Gasteiger partial charge in [-0.3, -0.25) is 4.79 Å². The molecule has 3 rings (SSSR count). The minimum Gasteiger partial charge on any atom is -0.293 e. The average Bonchev–Trinajstić information content (AvgIpc) is 2.72. The molecule has 0 saturated heterocycles. The largest absolute Gasteiger partial charge is 0.416 e. The number of hydrogen-bond donors (Lipinski definition) is 0. The molecule has 0 radical (unpaired) electrons. The van der Waals surface area contributed by atoms with Gasteiger partial charge < -0.3 is 0 Å². The molecule has 2 aromatic carbocycles. The van der Waals surface area contributed by atoms with Crippen molar-refractivity contribution < 1.29 is 18.0 Å². The number of benzene rings is 2. The SMILES string of the molecule is CC1(c2ccc(C(F)(F)F)cc2)Cc2ccccc2C1=O. The lowest BCUT2D eigenvalue weighted by Crippen LogP contribution is -2.29. The first-order chi connectivity index (χ1) is 9.82. The highest BCUT2D eigenvalue weighted by Gasteiger charge is 2.43. The maximum Gasteiger partial charge on any atom is 0.416 e. The summed E-state index contributed by atoms with van der Waals surface area (Å²) in [6, 6.07) is 12.2. The molecule has 1 unspecified atom stereocenters. The predicted octanol–water partition coefficient (Wildman–Crippen LogP) is 4.40. The molecule has 0 saturated carbocycles. The Kier molecular flexibility index (Phi) is 2.94. The van der Waals surface area contributed by atoms with E-state index >= 15 is 0 Å². The van der Waals surface area contributed by atoms with Gasteiger partial charge in [0.05, 0.1) is 11.0 Å². The maximum atomic E-state index is 12.6. The van der Waals surface area contributed by atoms with Crippen molar-refractivity contribution in [1.29, 1.82) is 0 Å². The van der Waals surface area contributed by atoms with Crippen LogP contribution in [0.2, 0.25) is 0 Å². The van der Waals surface area contributed by atoms with Crippen molar-refractivity contribution in [3.8, 4) is 0 Å². The summed E-state index contributed by atoms with van der Waals surface area (Å²) in [5.41, 5.74) is 0.757. The Hall–Kier alpha value is -2.10. The van der Waals surface area contributed by atoms with Crippen LogP contribution in [0.15, 0.2) is 48.5 Å². The van der Waals surface area contributed by atoms with Crippen LogP contribution in [0.5, 0.6) is 0 Å². The topological polar surface area (TPSA) is 17.1 Å². The number of hydrogen-bond acceptors (Lipinski definition) is 1. The van der Waals surface area contributed by atoms with Crippen LogP contribution in [0, 0.1) is 0 Å². The number of rotatable bonds is 1. The van der Waals surface area contributed by atoms with E-state index in [0.29, 0.717) is 17.5 Å². The average molecular weight is 290 g/mol. The molecule has 0 N–H and O–H groups in total. The molecule has 0 heterocycles. The van der Waals surface area contributed by atoms with Gasteiger partial charge in [0.1, 0.15) is 0 Å². The number of halogens is 3. The molecular formula is C17H13F3O. The van der Waals surface area contributed by atoms with Crippen molar-refractivity contribution in [1.82, 2.24) is 0 Å².